The van der Waals surface area contributed by atoms with Gasteiger partial charge in [-0.15, -0.1) is 11.8 Å². The minimum Gasteiger partial charge on any atom is -0.307 e. The van der Waals surface area contributed by atoms with E-state index >= 15 is 0 Å². The van der Waals surface area contributed by atoms with E-state index in [1.807, 2.05) is 42.5 Å². The van der Waals surface area contributed by atoms with Crippen LogP contribution < -0.4 is 4.90 Å². The number of nitrogens with zero attached hydrogens (tertiary/aromatic N) is 1. The third-order valence-electron chi connectivity index (χ3n) is 4.54. The molecule has 1 heterocycles. The van der Waals surface area contributed by atoms with E-state index in [1.165, 1.54) is 6.07 Å². The van der Waals surface area contributed by atoms with E-state index in [-0.39, 0.29) is 23.5 Å². The van der Waals surface area contributed by atoms with Crippen molar-refractivity contribution in [2.24, 2.45) is 0 Å². The minimum absolute atomic E-state index is 0.0135. The summed E-state index contributed by atoms with van der Waals surface area (Å²) in [6, 6.07) is 24.6. The topological polar surface area (TPSA) is 20.3 Å². The molecule has 0 saturated carbocycles. The predicted molar refractivity (Wildman–Crippen MR) is 104 cm³/mol. The van der Waals surface area contributed by atoms with Gasteiger partial charge in [-0.3, -0.25) is 4.79 Å². The Balaban J connectivity index is 1.72. The van der Waals surface area contributed by atoms with Gasteiger partial charge in [-0.2, -0.15) is 0 Å². The van der Waals surface area contributed by atoms with Gasteiger partial charge in [0, 0.05) is 22.1 Å². The van der Waals surface area contributed by atoms with Crippen LogP contribution in [0, 0.1) is 5.82 Å². The van der Waals surface area contributed by atoms with Crippen LogP contribution in [0.15, 0.2) is 83.8 Å². The second kappa shape index (κ2) is 7.34. The van der Waals surface area contributed by atoms with Crippen LogP contribution in [0.3, 0.4) is 0 Å². The first-order chi connectivity index (χ1) is 12.7. The summed E-state index contributed by atoms with van der Waals surface area (Å²) in [5, 5.41) is 0.0514. The average molecular weight is 363 g/mol. The van der Waals surface area contributed by atoms with E-state index in [2.05, 4.69) is 12.1 Å². The SMILES string of the molecule is O=C1CC(c2ccccc2)Sc2ccccc2N1Cc1ccccc1F. The lowest BCUT2D eigenvalue weighted by molar-refractivity contribution is -0.118. The van der Waals surface area contributed by atoms with Crippen molar-refractivity contribution in [3.8, 4) is 0 Å². The molecule has 3 aromatic carbocycles. The zero-order chi connectivity index (χ0) is 17.9. The summed E-state index contributed by atoms with van der Waals surface area (Å²) in [6.45, 7) is 0.241. The smallest absolute Gasteiger partial charge is 0.228 e. The maximum absolute atomic E-state index is 14.1. The summed E-state index contributed by atoms with van der Waals surface area (Å²) in [5.74, 6) is -0.270. The maximum Gasteiger partial charge on any atom is 0.228 e. The Kier molecular flexibility index (Phi) is 4.76. The molecule has 0 aromatic heterocycles. The van der Waals surface area contributed by atoms with Gasteiger partial charge in [-0.05, 0) is 23.8 Å². The number of thioether (sulfide) groups is 1. The molecule has 0 saturated heterocycles. The van der Waals surface area contributed by atoms with Gasteiger partial charge in [0.25, 0.3) is 0 Å². The van der Waals surface area contributed by atoms with Crippen molar-refractivity contribution in [2.45, 2.75) is 23.1 Å². The van der Waals surface area contributed by atoms with Crippen molar-refractivity contribution in [1.29, 1.82) is 0 Å². The zero-order valence-electron chi connectivity index (χ0n) is 14.1. The largest absolute Gasteiger partial charge is 0.307 e. The molecule has 0 radical (unpaired) electrons. The van der Waals surface area contributed by atoms with Gasteiger partial charge in [-0.1, -0.05) is 60.7 Å². The Bertz CT molecular complexity index is 928. The summed E-state index contributed by atoms with van der Waals surface area (Å²) in [7, 11) is 0. The Labute approximate surface area is 156 Å². The Morgan fingerprint density at radius 2 is 1.62 bits per heavy atom. The normalized spacial score (nSPS) is 16.9. The van der Waals surface area contributed by atoms with E-state index in [1.54, 1.807) is 34.9 Å². The van der Waals surface area contributed by atoms with Crippen LogP contribution in [0.25, 0.3) is 0 Å². The van der Waals surface area contributed by atoms with Crippen LogP contribution in [0.2, 0.25) is 0 Å². The number of benzene rings is 3. The highest BCUT2D eigenvalue weighted by Gasteiger charge is 2.29. The summed E-state index contributed by atoms with van der Waals surface area (Å²) in [6.07, 6.45) is 0.387. The van der Waals surface area contributed by atoms with Crippen molar-refractivity contribution < 1.29 is 9.18 Å². The van der Waals surface area contributed by atoms with Gasteiger partial charge in [0.05, 0.1) is 12.2 Å². The quantitative estimate of drug-likeness (QED) is 0.604. The summed E-state index contributed by atoms with van der Waals surface area (Å²) in [4.78, 5) is 15.8. The molecule has 4 heteroatoms. The number of carbonyl (C=O) groups excluding carboxylic acids is 1. The van der Waals surface area contributed by atoms with E-state index in [0.717, 1.165) is 16.1 Å². The number of halogens is 1. The van der Waals surface area contributed by atoms with Gasteiger partial charge in [-0.25, -0.2) is 4.39 Å². The van der Waals surface area contributed by atoms with E-state index in [9.17, 15) is 9.18 Å². The number of carbonyl (C=O) groups is 1. The Hall–Kier alpha value is -2.59. The van der Waals surface area contributed by atoms with Crippen molar-refractivity contribution in [3.63, 3.8) is 0 Å². The lowest BCUT2D eigenvalue weighted by Crippen LogP contribution is -2.30. The molecule has 1 amide bonds. The zero-order valence-corrected chi connectivity index (χ0v) is 15.0. The molecule has 0 spiro atoms. The van der Waals surface area contributed by atoms with Crippen molar-refractivity contribution in [3.05, 3.63) is 95.8 Å². The van der Waals surface area contributed by atoms with Gasteiger partial charge in [0.15, 0.2) is 0 Å². The van der Waals surface area contributed by atoms with Gasteiger partial charge < -0.3 is 4.90 Å². The first kappa shape index (κ1) is 16.9. The summed E-state index contributed by atoms with van der Waals surface area (Å²) in [5.41, 5.74) is 2.51. The van der Waals surface area contributed by atoms with E-state index in [4.69, 9.17) is 0 Å². The number of fused-ring (bicyclic) bond motifs is 1. The third-order valence-corrected chi connectivity index (χ3v) is 5.87. The molecule has 0 fully saturated rings. The molecule has 26 heavy (non-hydrogen) atoms. The monoisotopic (exact) mass is 363 g/mol. The number of amides is 1. The molecule has 2 nitrogen and oxygen atoms in total. The molecular formula is C22H18FNOS. The lowest BCUT2D eigenvalue weighted by Gasteiger charge is -2.23. The molecule has 0 N–H and O–H groups in total. The van der Waals surface area contributed by atoms with Crippen LogP contribution in [0.1, 0.15) is 22.8 Å². The highest BCUT2D eigenvalue weighted by Crippen LogP contribution is 2.45. The Morgan fingerprint density at radius 3 is 2.42 bits per heavy atom. The van der Waals surface area contributed by atoms with Gasteiger partial charge in [0.2, 0.25) is 5.91 Å². The molecule has 4 rings (SSSR count). The molecule has 1 unspecified atom stereocenters. The lowest BCUT2D eigenvalue weighted by atomic mass is 10.1. The first-order valence-electron chi connectivity index (χ1n) is 8.57. The standard InChI is InChI=1S/C22H18FNOS/c23-18-11-5-4-10-17(18)15-24-19-12-6-7-13-20(19)26-21(14-22(24)25)16-8-2-1-3-9-16/h1-13,21H,14-15H2. The molecule has 3 aromatic rings. The van der Waals surface area contributed by atoms with Gasteiger partial charge >= 0.3 is 0 Å². The summed E-state index contributed by atoms with van der Waals surface area (Å²) >= 11 is 1.70. The second-order valence-electron chi connectivity index (χ2n) is 6.26. The number of hydrogen-bond acceptors (Lipinski definition) is 2. The molecule has 0 bridgehead atoms. The number of rotatable bonds is 3. The molecule has 1 aliphatic heterocycles. The molecular weight excluding hydrogens is 345 g/mol. The average Bonchev–Trinajstić information content (AvgIpc) is 2.81. The fourth-order valence-electron chi connectivity index (χ4n) is 3.20. The van der Waals surface area contributed by atoms with E-state index in [0.29, 0.717) is 12.0 Å². The highest BCUT2D eigenvalue weighted by molar-refractivity contribution is 7.99. The fourth-order valence-corrected chi connectivity index (χ4v) is 4.48. The van der Waals surface area contributed by atoms with Crippen molar-refractivity contribution in [2.75, 3.05) is 4.90 Å². The van der Waals surface area contributed by atoms with Gasteiger partial charge in [0.1, 0.15) is 5.82 Å². The van der Waals surface area contributed by atoms with Crippen LogP contribution in [-0.2, 0) is 11.3 Å². The maximum atomic E-state index is 14.1. The highest BCUT2D eigenvalue weighted by atomic mass is 32.2. The number of anilines is 1. The van der Waals surface area contributed by atoms with Crippen molar-refractivity contribution >= 4 is 23.4 Å². The molecule has 130 valence electrons. The first-order valence-corrected chi connectivity index (χ1v) is 9.45. The second-order valence-corrected chi connectivity index (χ2v) is 7.50. The van der Waals surface area contributed by atoms with Crippen LogP contribution >= 0.6 is 11.8 Å². The number of para-hydroxylation sites is 1. The van der Waals surface area contributed by atoms with E-state index < -0.39 is 0 Å². The Morgan fingerprint density at radius 1 is 0.923 bits per heavy atom. The minimum atomic E-state index is -0.283. The fraction of sp³-hybridized carbons (Fsp3) is 0.136. The summed E-state index contributed by atoms with van der Waals surface area (Å²) < 4.78 is 14.1. The molecule has 0 aliphatic carbocycles. The molecule has 1 atom stereocenters. The predicted octanol–water partition coefficient (Wildman–Crippen LogP) is 5.60. The third kappa shape index (κ3) is 3.37. The molecule has 1 aliphatic rings. The van der Waals surface area contributed by atoms with Crippen LogP contribution in [0.4, 0.5) is 10.1 Å². The number of hydrogen-bond donors (Lipinski definition) is 0. The van der Waals surface area contributed by atoms with Crippen LogP contribution in [-0.4, -0.2) is 5.91 Å². The van der Waals surface area contributed by atoms with Crippen LogP contribution in [0.5, 0.6) is 0 Å². The van der Waals surface area contributed by atoms with Crippen molar-refractivity contribution in [1.82, 2.24) is 0 Å².